The van der Waals surface area contributed by atoms with Crippen molar-refractivity contribution in [2.24, 2.45) is 0 Å². The number of carbonyl (C=O) groups is 3. The summed E-state index contributed by atoms with van der Waals surface area (Å²) in [5, 5.41) is 11.5. The average molecular weight is 427 g/mol. The van der Waals surface area contributed by atoms with Crippen molar-refractivity contribution in [1.29, 1.82) is 0 Å². The Hall–Kier alpha value is -2.97. The van der Waals surface area contributed by atoms with Crippen molar-refractivity contribution in [3.05, 3.63) is 70.6 Å². The number of aromatic carboxylic acids is 1. The van der Waals surface area contributed by atoms with Gasteiger partial charge in [-0.3, -0.25) is 14.5 Å². The van der Waals surface area contributed by atoms with E-state index in [-0.39, 0.29) is 23.1 Å². The first-order valence-electron chi connectivity index (χ1n) is 8.87. The molecule has 148 valence electrons. The molecule has 0 unspecified atom stereocenters. The van der Waals surface area contributed by atoms with Crippen LogP contribution in [-0.2, 0) is 4.79 Å². The largest absolute Gasteiger partial charge is 0.478 e. The summed E-state index contributed by atoms with van der Waals surface area (Å²) in [6, 6.07) is 15.6. The molecule has 6 nitrogen and oxygen atoms in total. The summed E-state index contributed by atoms with van der Waals surface area (Å²) >= 11 is 6.52. The number of hydrogen-bond donors (Lipinski definition) is 2. The van der Waals surface area contributed by atoms with Crippen LogP contribution in [0.2, 0.25) is 0 Å². The minimum absolute atomic E-state index is 0.137. The first-order valence-corrected chi connectivity index (χ1v) is 10.1. The molecule has 3 rings (SSSR count). The third-order valence-corrected chi connectivity index (χ3v) is 5.67. The Labute approximate surface area is 177 Å². The van der Waals surface area contributed by atoms with Crippen molar-refractivity contribution < 1.29 is 19.5 Å². The highest BCUT2D eigenvalue weighted by Gasteiger charge is 2.31. The number of amides is 2. The van der Waals surface area contributed by atoms with Gasteiger partial charge in [-0.25, -0.2) is 4.79 Å². The minimum atomic E-state index is -1.02. The van der Waals surface area contributed by atoms with Gasteiger partial charge >= 0.3 is 5.97 Å². The molecule has 1 fully saturated rings. The summed E-state index contributed by atoms with van der Waals surface area (Å²) in [6.45, 7) is 0.363. The highest BCUT2D eigenvalue weighted by atomic mass is 32.2. The quantitative estimate of drug-likeness (QED) is 0.495. The molecular weight excluding hydrogens is 408 g/mol. The Morgan fingerprint density at radius 2 is 1.79 bits per heavy atom. The molecule has 0 aromatic heterocycles. The third kappa shape index (κ3) is 5.52. The summed E-state index contributed by atoms with van der Waals surface area (Å²) in [5.74, 6) is -1.23. The van der Waals surface area contributed by atoms with Gasteiger partial charge < -0.3 is 10.4 Å². The van der Waals surface area contributed by atoms with Crippen molar-refractivity contribution in [1.82, 2.24) is 4.90 Å². The highest BCUT2D eigenvalue weighted by Crippen LogP contribution is 2.33. The second-order valence-electron chi connectivity index (χ2n) is 6.28. The molecule has 1 saturated heterocycles. The first kappa shape index (κ1) is 20.8. The Balaban J connectivity index is 1.50. The lowest BCUT2D eigenvalue weighted by Crippen LogP contribution is -2.28. The molecule has 0 aliphatic carbocycles. The summed E-state index contributed by atoms with van der Waals surface area (Å²) in [6.07, 6.45) is 2.57. The fraction of sp³-hybridized carbons (Fsp3) is 0.143. The maximum Gasteiger partial charge on any atom is 0.335 e. The second-order valence-corrected chi connectivity index (χ2v) is 7.66. The molecule has 2 N–H and O–H groups in total. The number of carboxylic acids is 1. The number of thioether (sulfide) groups is 1. The molecule has 1 aliphatic rings. The van der Waals surface area contributed by atoms with Crippen molar-refractivity contribution in [2.75, 3.05) is 11.9 Å². The minimum Gasteiger partial charge on any atom is -0.478 e. The number of benzene rings is 2. The molecule has 1 heterocycles. The Bertz CT molecular complexity index is 972. The molecule has 0 spiro atoms. The molecule has 0 saturated carbocycles. The van der Waals surface area contributed by atoms with E-state index in [4.69, 9.17) is 17.3 Å². The molecule has 0 bridgehead atoms. The maximum absolute atomic E-state index is 12.3. The molecule has 0 atom stereocenters. The predicted octanol–water partition coefficient (Wildman–Crippen LogP) is 4.64. The molecule has 2 amide bonds. The van der Waals surface area contributed by atoms with E-state index in [1.807, 2.05) is 36.4 Å². The molecule has 1 aliphatic heterocycles. The van der Waals surface area contributed by atoms with Gasteiger partial charge in [0, 0.05) is 18.7 Å². The lowest BCUT2D eigenvalue weighted by Gasteiger charge is -2.14. The standard InChI is InChI=1S/C21H18N2O4S2/c24-18(22-16-10-8-15(9-11-16)20(25)26)7-4-12-23-19(28)17(29-21(23)27)13-14-5-2-1-3-6-14/h1-3,5-6,8-11,13H,4,7,12H2,(H,22,24)(H,25,26)/b17-13-. The van der Waals surface area contributed by atoms with Crippen LogP contribution in [0.15, 0.2) is 59.5 Å². The fourth-order valence-electron chi connectivity index (χ4n) is 2.71. The number of anilines is 1. The maximum atomic E-state index is 12.3. The summed E-state index contributed by atoms with van der Waals surface area (Å²) in [5.41, 5.74) is 1.65. The first-order chi connectivity index (χ1) is 13.9. The van der Waals surface area contributed by atoms with Gasteiger partial charge in [0.15, 0.2) is 0 Å². The van der Waals surface area contributed by atoms with Crippen LogP contribution in [0, 0.1) is 0 Å². The van der Waals surface area contributed by atoms with Crippen LogP contribution in [0.4, 0.5) is 10.5 Å². The van der Waals surface area contributed by atoms with E-state index in [2.05, 4.69) is 5.32 Å². The van der Waals surface area contributed by atoms with Gasteiger partial charge in [-0.05, 0) is 54.1 Å². The van der Waals surface area contributed by atoms with Gasteiger partial charge in [0.05, 0.1) is 10.5 Å². The SMILES string of the molecule is O=C(CCCN1C(=O)S/C(=C\c2ccccc2)C1=S)Nc1ccc(C(=O)O)cc1. The lowest BCUT2D eigenvalue weighted by molar-refractivity contribution is -0.116. The van der Waals surface area contributed by atoms with E-state index >= 15 is 0 Å². The lowest BCUT2D eigenvalue weighted by atomic mass is 10.2. The number of nitrogens with zero attached hydrogens (tertiary/aromatic N) is 1. The third-order valence-electron chi connectivity index (χ3n) is 4.17. The predicted molar refractivity (Wildman–Crippen MR) is 118 cm³/mol. The van der Waals surface area contributed by atoms with Crippen LogP contribution in [0.25, 0.3) is 6.08 Å². The number of nitrogens with one attached hydrogen (secondary N) is 1. The topological polar surface area (TPSA) is 86.7 Å². The van der Waals surface area contributed by atoms with E-state index in [1.54, 1.807) is 0 Å². The zero-order valence-electron chi connectivity index (χ0n) is 15.3. The molecule has 2 aromatic rings. The molecule has 0 radical (unpaired) electrons. The number of carbonyl (C=O) groups excluding carboxylic acids is 2. The van der Waals surface area contributed by atoms with Crippen molar-refractivity contribution >= 4 is 57.8 Å². The van der Waals surface area contributed by atoms with E-state index in [1.165, 1.54) is 29.2 Å². The van der Waals surface area contributed by atoms with Gasteiger partial charge in [-0.15, -0.1) is 0 Å². The molecule has 2 aromatic carbocycles. The monoisotopic (exact) mass is 426 g/mol. The fourth-order valence-corrected chi connectivity index (χ4v) is 4.00. The van der Waals surface area contributed by atoms with E-state index in [0.29, 0.717) is 23.6 Å². The number of rotatable bonds is 7. The number of hydrogen-bond acceptors (Lipinski definition) is 5. The second kappa shape index (κ2) is 9.49. The molecule has 8 heteroatoms. The van der Waals surface area contributed by atoms with E-state index in [0.717, 1.165) is 22.2 Å². The van der Waals surface area contributed by atoms with Crippen LogP contribution in [0.5, 0.6) is 0 Å². The van der Waals surface area contributed by atoms with Crippen LogP contribution in [-0.4, -0.2) is 38.7 Å². The van der Waals surface area contributed by atoms with Crippen molar-refractivity contribution in [3.8, 4) is 0 Å². The van der Waals surface area contributed by atoms with Crippen molar-refractivity contribution in [2.45, 2.75) is 12.8 Å². The van der Waals surface area contributed by atoms with Gasteiger partial charge in [-0.1, -0.05) is 42.5 Å². The van der Waals surface area contributed by atoms with Gasteiger partial charge in [0.25, 0.3) is 5.24 Å². The van der Waals surface area contributed by atoms with Crippen LogP contribution >= 0.6 is 24.0 Å². The van der Waals surface area contributed by atoms with Crippen LogP contribution < -0.4 is 5.32 Å². The number of thiocarbonyl (C=S) groups is 1. The van der Waals surface area contributed by atoms with Gasteiger partial charge in [-0.2, -0.15) is 0 Å². The summed E-state index contributed by atoms with van der Waals surface area (Å²) in [7, 11) is 0. The zero-order chi connectivity index (χ0) is 20.8. The van der Waals surface area contributed by atoms with Crippen LogP contribution in [0.1, 0.15) is 28.8 Å². The van der Waals surface area contributed by atoms with Gasteiger partial charge in [0.2, 0.25) is 5.91 Å². The van der Waals surface area contributed by atoms with Crippen LogP contribution in [0.3, 0.4) is 0 Å². The summed E-state index contributed by atoms with van der Waals surface area (Å²) < 4.78 is 0. The van der Waals surface area contributed by atoms with E-state index < -0.39 is 5.97 Å². The highest BCUT2D eigenvalue weighted by molar-refractivity contribution is 8.19. The molecule has 29 heavy (non-hydrogen) atoms. The van der Waals surface area contributed by atoms with E-state index in [9.17, 15) is 14.4 Å². The zero-order valence-corrected chi connectivity index (χ0v) is 17.0. The normalized spacial score (nSPS) is 15.0. The molecular formula is C21H18N2O4S2. The average Bonchev–Trinajstić information content (AvgIpc) is 2.96. The number of carboxylic acid groups (broad SMARTS) is 1. The Morgan fingerprint density at radius 3 is 2.45 bits per heavy atom. The Kier molecular flexibility index (Phi) is 6.79. The van der Waals surface area contributed by atoms with Crippen molar-refractivity contribution in [3.63, 3.8) is 0 Å². The smallest absolute Gasteiger partial charge is 0.335 e. The Morgan fingerprint density at radius 1 is 1.10 bits per heavy atom. The summed E-state index contributed by atoms with van der Waals surface area (Å²) in [4.78, 5) is 37.9. The van der Waals surface area contributed by atoms with Gasteiger partial charge in [0.1, 0.15) is 4.99 Å².